The highest BCUT2D eigenvalue weighted by Gasteiger charge is 2.02. The number of azo groups is 1. The van der Waals surface area contributed by atoms with E-state index in [4.69, 9.17) is 15.3 Å². The van der Waals surface area contributed by atoms with E-state index in [2.05, 4.69) is 32.3 Å². The highest BCUT2D eigenvalue weighted by atomic mass is 16.9. The number of hydrogen-bond acceptors (Lipinski definition) is 5. The molecule has 2 N–H and O–H groups in total. The molecule has 0 saturated heterocycles. The molecule has 8 heteroatoms. The average Bonchev–Trinajstić information content (AvgIpc) is 2.98. The van der Waals surface area contributed by atoms with Crippen LogP contribution in [-0.2, 0) is 0 Å². The van der Waals surface area contributed by atoms with Gasteiger partial charge in [0.25, 0.3) is 0 Å². The van der Waals surface area contributed by atoms with Crippen molar-refractivity contribution in [3.8, 4) is 0 Å². The van der Waals surface area contributed by atoms with Crippen molar-refractivity contribution in [3.05, 3.63) is 70.2 Å². The number of hydrogen-bond donors (Lipinski definition) is 1. The first-order valence-corrected chi connectivity index (χ1v) is 5.93. The van der Waals surface area contributed by atoms with E-state index >= 15 is 0 Å². The summed E-state index contributed by atoms with van der Waals surface area (Å²) in [5.41, 5.74) is 0.867. The molecule has 0 aliphatic carbocycles. The molecular formula is C13H11N5O3. The molecule has 1 heterocycles. The Morgan fingerprint density at radius 2 is 1.76 bits per heavy atom. The molecule has 2 aromatic carbocycles. The highest BCUT2D eigenvalue weighted by Crippen LogP contribution is 2.26. The maximum absolute atomic E-state index is 8.25. The summed E-state index contributed by atoms with van der Waals surface area (Å²) in [6.07, 6.45) is 3.55. The number of nitrogens with one attached hydrogen (secondary N) is 2. The van der Waals surface area contributed by atoms with Gasteiger partial charge in [0, 0.05) is 10.5 Å². The molecular weight excluding hydrogens is 274 g/mol. The molecule has 0 aliphatic heterocycles. The number of nitrogens with zero attached hydrogens (tertiary/aromatic N) is 3. The van der Waals surface area contributed by atoms with Gasteiger partial charge in [0.15, 0.2) is 0 Å². The molecule has 0 bridgehead atoms. The van der Waals surface area contributed by atoms with Gasteiger partial charge in [-0.25, -0.2) is 9.97 Å². The van der Waals surface area contributed by atoms with Gasteiger partial charge in [-0.3, -0.25) is 0 Å². The largest absolute Gasteiger partial charge is 0.416 e. The molecule has 8 nitrogen and oxygen atoms in total. The number of fused-ring (bicyclic) bond motifs is 1. The minimum absolute atomic E-state index is 0.637. The van der Waals surface area contributed by atoms with Gasteiger partial charge in [-0.15, -0.1) is 0 Å². The zero-order valence-corrected chi connectivity index (χ0v) is 10.8. The van der Waals surface area contributed by atoms with Gasteiger partial charge >= 0.3 is 5.95 Å². The van der Waals surface area contributed by atoms with Crippen molar-refractivity contribution in [2.24, 2.45) is 10.2 Å². The molecule has 0 amide bonds. The Labute approximate surface area is 118 Å². The van der Waals surface area contributed by atoms with Crippen LogP contribution in [0.2, 0.25) is 0 Å². The van der Waals surface area contributed by atoms with E-state index in [1.807, 2.05) is 30.3 Å². The van der Waals surface area contributed by atoms with E-state index in [0.29, 0.717) is 5.95 Å². The van der Waals surface area contributed by atoms with Crippen molar-refractivity contribution < 1.29 is 10.1 Å². The molecule has 3 aromatic rings. The van der Waals surface area contributed by atoms with Crippen LogP contribution < -0.4 is 4.98 Å². The van der Waals surface area contributed by atoms with Crippen molar-refractivity contribution in [3.63, 3.8) is 0 Å². The SMILES string of the molecule is O=[N+]([O-])[O-].c1ccc2c(N=Nc3[nH]cc[nH+]3)cccc2c1. The molecule has 0 saturated carbocycles. The van der Waals surface area contributed by atoms with Crippen LogP contribution in [0.4, 0.5) is 11.6 Å². The van der Waals surface area contributed by atoms with Gasteiger partial charge in [-0.2, -0.15) is 0 Å². The van der Waals surface area contributed by atoms with E-state index in [9.17, 15) is 0 Å². The third-order valence-corrected chi connectivity index (χ3v) is 2.55. The molecule has 0 unspecified atom stereocenters. The Balaban J connectivity index is 0.000000361. The van der Waals surface area contributed by atoms with Crippen molar-refractivity contribution in [1.82, 2.24) is 4.98 Å². The smallest absolute Gasteiger partial charge is 0.356 e. The van der Waals surface area contributed by atoms with E-state index in [-0.39, 0.29) is 0 Å². The lowest BCUT2D eigenvalue weighted by Crippen LogP contribution is -1.92. The van der Waals surface area contributed by atoms with E-state index in [1.165, 1.54) is 5.39 Å². The van der Waals surface area contributed by atoms with Crippen molar-refractivity contribution in [2.75, 3.05) is 0 Å². The molecule has 0 atom stereocenters. The Morgan fingerprint density at radius 3 is 2.48 bits per heavy atom. The number of imidazole rings is 1. The van der Waals surface area contributed by atoms with Crippen LogP contribution in [0.25, 0.3) is 10.8 Å². The first kappa shape index (κ1) is 14.1. The van der Waals surface area contributed by atoms with Crippen LogP contribution in [0.5, 0.6) is 0 Å². The van der Waals surface area contributed by atoms with E-state index < -0.39 is 5.09 Å². The van der Waals surface area contributed by atoms with Crippen LogP contribution in [0.3, 0.4) is 0 Å². The fourth-order valence-corrected chi connectivity index (χ4v) is 1.74. The van der Waals surface area contributed by atoms with Crippen LogP contribution in [0.15, 0.2) is 65.1 Å². The fraction of sp³-hybridized carbons (Fsp3) is 0. The molecule has 0 spiro atoms. The third-order valence-electron chi connectivity index (χ3n) is 2.55. The second-order valence-corrected chi connectivity index (χ2v) is 3.89. The predicted molar refractivity (Wildman–Crippen MR) is 75.8 cm³/mol. The number of aromatic amines is 2. The van der Waals surface area contributed by atoms with Crippen molar-refractivity contribution >= 4 is 22.4 Å². The van der Waals surface area contributed by atoms with Crippen molar-refractivity contribution in [2.45, 2.75) is 0 Å². The van der Waals surface area contributed by atoms with Gasteiger partial charge in [0.1, 0.15) is 5.69 Å². The summed E-state index contributed by atoms with van der Waals surface area (Å²) < 4.78 is 0. The number of benzene rings is 2. The molecule has 106 valence electrons. The summed E-state index contributed by atoms with van der Waals surface area (Å²) in [6, 6.07) is 14.1. The number of aromatic nitrogens is 2. The Bertz CT molecular complexity index is 746. The summed E-state index contributed by atoms with van der Waals surface area (Å²) in [4.78, 5) is 14.1. The van der Waals surface area contributed by atoms with Crippen LogP contribution >= 0.6 is 0 Å². The van der Waals surface area contributed by atoms with Gasteiger partial charge in [0.2, 0.25) is 0 Å². The minimum Gasteiger partial charge on any atom is -0.356 e. The lowest BCUT2D eigenvalue weighted by molar-refractivity contribution is -0.402. The van der Waals surface area contributed by atoms with Gasteiger partial charge in [-0.05, 0) is 11.5 Å². The minimum atomic E-state index is -1.75. The standard InChI is InChI=1S/C13H10N4.NO3/c1-2-6-11-10(4-1)5-3-7-12(11)16-17-13-14-8-9-15-13;2-1(3)4/h1-9H,(H,14,15);/q;-1/p+1. The van der Waals surface area contributed by atoms with Gasteiger partial charge < -0.3 is 15.3 Å². The number of rotatable bonds is 2. The van der Waals surface area contributed by atoms with E-state index in [0.717, 1.165) is 11.1 Å². The molecule has 3 rings (SSSR count). The maximum atomic E-state index is 8.25. The normalized spacial score (nSPS) is 10.3. The quantitative estimate of drug-likeness (QED) is 0.442. The van der Waals surface area contributed by atoms with Gasteiger partial charge in [-0.1, -0.05) is 41.5 Å². The third kappa shape index (κ3) is 4.10. The zero-order chi connectivity index (χ0) is 15.1. The molecule has 1 aromatic heterocycles. The monoisotopic (exact) mass is 285 g/mol. The average molecular weight is 285 g/mol. The Morgan fingerprint density at radius 1 is 1.05 bits per heavy atom. The summed E-state index contributed by atoms with van der Waals surface area (Å²) in [7, 11) is 0. The number of H-pyrrole nitrogens is 2. The summed E-state index contributed by atoms with van der Waals surface area (Å²) in [5, 5.41) is 25.4. The van der Waals surface area contributed by atoms with Crippen LogP contribution in [0, 0.1) is 15.3 Å². The van der Waals surface area contributed by atoms with Gasteiger partial charge in [0.05, 0.1) is 17.5 Å². The summed E-state index contributed by atoms with van der Waals surface area (Å²) in [6.45, 7) is 0. The highest BCUT2D eigenvalue weighted by molar-refractivity contribution is 5.92. The van der Waals surface area contributed by atoms with Crippen LogP contribution in [0.1, 0.15) is 0 Å². The summed E-state index contributed by atoms with van der Waals surface area (Å²) in [5.74, 6) is 0.637. The molecule has 0 aliphatic rings. The first-order valence-electron chi connectivity index (χ1n) is 5.93. The lowest BCUT2D eigenvalue weighted by Gasteiger charge is -1.97. The first-order chi connectivity index (χ1) is 10.2. The Kier molecular flexibility index (Phi) is 4.54. The van der Waals surface area contributed by atoms with Crippen molar-refractivity contribution in [1.29, 1.82) is 0 Å². The fourth-order valence-electron chi connectivity index (χ4n) is 1.74. The molecule has 0 fully saturated rings. The Hall–Kier alpha value is -3.29. The topological polar surface area (TPSA) is 121 Å². The van der Waals surface area contributed by atoms with E-state index in [1.54, 1.807) is 12.4 Å². The van der Waals surface area contributed by atoms with Crippen LogP contribution in [-0.4, -0.2) is 10.1 Å². The predicted octanol–water partition coefficient (Wildman–Crippen LogP) is 3.16. The lowest BCUT2D eigenvalue weighted by atomic mass is 10.1. The summed E-state index contributed by atoms with van der Waals surface area (Å²) >= 11 is 0. The second kappa shape index (κ2) is 6.75. The second-order valence-electron chi connectivity index (χ2n) is 3.89. The zero-order valence-electron chi connectivity index (χ0n) is 10.8. The molecule has 0 radical (unpaired) electrons. The maximum Gasteiger partial charge on any atom is 0.416 e. The molecule has 21 heavy (non-hydrogen) atoms.